The summed E-state index contributed by atoms with van der Waals surface area (Å²) in [5.41, 5.74) is 5.40. The zero-order valence-corrected chi connectivity index (χ0v) is 41.5. The first-order valence-electron chi connectivity index (χ1n) is 26.3. The van der Waals surface area contributed by atoms with Crippen molar-refractivity contribution < 1.29 is 28.4 Å². The third-order valence-corrected chi connectivity index (χ3v) is 12.7. The van der Waals surface area contributed by atoms with Gasteiger partial charge in [-0.1, -0.05) is 242 Å². The summed E-state index contributed by atoms with van der Waals surface area (Å²) in [6.07, 6.45) is 61.3. The number of unbranched alkanes of at least 4 members (excludes halogenated alkanes) is 29. The molecule has 0 radical (unpaired) electrons. The number of allylic oxidation sites excluding steroid dienone is 8. The topological polar surface area (TPSA) is 131 Å². The van der Waals surface area contributed by atoms with Crippen molar-refractivity contribution in [3.63, 3.8) is 0 Å². The minimum atomic E-state index is -4.32. The molecule has 0 aromatic heterocycles. The number of carbonyl (C=O) groups is 1. The van der Waals surface area contributed by atoms with E-state index < -0.39 is 20.0 Å². The molecule has 0 bridgehead atoms. The summed E-state index contributed by atoms with van der Waals surface area (Å²) in [5, 5.41) is 13.9. The van der Waals surface area contributed by atoms with Crippen LogP contribution < -0.4 is 11.1 Å². The largest absolute Gasteiger partial charge is 0.472 e. The predicted molar refractivity (Wildman–Crippen MR) is 267 cm³/mol. The van der Waals surface area contributed by atoms with Crippen molar-refractivity contribution in [3.8, 4) is 0 Å². The first-order valence-corrected chi connectivity index (χ1v) is 27.7. The van der Waals surface area contributed by atoms with E-state index in [1.165, 1.54) is 161 Å². The molecule has 0 fully saturated rings. The van der Waals surface area contributed by atoms with E-state index in [4.69, 9.17) is 14.8 Å². The van der Waals surface area contributed by atoms with Gasteiger partial charge >= 0.3 is 7.82 Å². The molecule has 1 amide bonds. The molecule has 3 atom stereocenters. The first kappa shape index (κ1) is 60.5. The van der Waals surface area contributed by atoms with Gasteiger partial charge in [-0.15, -0.1) is 0 Å². The van der Waals surface area contributed by atoms with Crippen molar-refractivity contribution in [2.75, 3.05) is 19.8 Å². The molecule has 0 aromatic rings. The highest BCUT2D eigenvalue weighted by atomic mass is 31.2. The maximum atomic E-state index is 12.9. The summed E-state index contributed by atoms with van der Waals surface area (Å²) in [4.78, 5) is 22.9. The molecule has 0 heterocycles. The third kappa shape index (κ3) is 46.5. The Balaban J connectivity index is 4.04. The van der Waals surface area contributed by atoms with E-state index in [0.29, 0.717) is 12.8 Å². The van der Waals surface area contributed by atoms with Gasteiger partial charge in [0.25, 0.3) is 0 Å². The van der Waals surface area contributed by atoms with E-state index in [1.54, 1.807) is 0 Å². The van der Waals surface area contributed by atoms with Crippen LogP contribution in [0.5, 0.6) is 0 Å². The van der Waals surface area contributed by atoms with Crippen LogP contribution in [0.4, 0.5) is 0 Å². The summed E-state index contributed by atoms with van der Waals surface area (Å²) in [7, 11) is -4.32. The van der Waals surface area contributed by atoms with Gasteiger partial charge in [-0.25, -0.2) is 4.57 Å². The van der Waals surface area contributed by atoms with E-state index in [0.717, 1.165) is 64.2 Å². The number of amides is 1. The summed E-state index contributed by atoms with van der Waals surface area (Å²) in [6.45, 7) is 4.12. The standard InChI is InChI=1S/C53H101N2O6P/c1-3-5-7-9-11-13-15-17-19-21-23-25-26-27-29-31-33-35-37-39-41-43-45-47-53(57)55-51(50-61-62(58,59)60-49-48-54)52(56)46-44-42-40-38-36-34-32-30-28-24-22-20-18-16-14-12-10-8-6-4-2/h5,7,11,13,17,19,23,25,51-52,56H,3-4,6,8-10,12,14-16,18,20-22,24,26-50,54H2,1-2H3,(H,55,57)(H,58,59)/b7-5-,13-11-,19-17-,25-23-. The van der Waals surface area contributed by atoms with Crippen LogP contribution in [0.3, 0.4) is 0 Å². The Bertz CT molecular complexity index is 1110. The molecular formula is C53H101N2O6P. The fraction of sp³-hybridized carbons (Fsp3) is 0.830. The summed E-state index contributed by atoms with van der Waals surface area (Å²) in [6, 6.07) is -0.779. The number of nitrogens with one attached hydrogen (secondary N) is 1. The monoisotopic (exact) mass is 893 g/mol. The molecule has 0 aliphatic rings. The molecule has 364 valence electrons. The average Bonchev–Trinajstić information content (AvgIpc) is 3.26. The average molecular weight is 893 g/mol. The fourth-order valence-electron chi connectivity index (χ4n) is 7.78. The van der Waals surface area contributed by atoms with E-state index >= 15 is 0 Å². The number of phosphoric acid groups is 1. The lowest BCUT2D eigenvalue weighted by molar-refractivity contribution is -0.123. The van der Waals surface area contributed by atoms with E-state index in [1.807, 2.05) is 0 Å². The molecule has 3 unspecified atom stereocenters. The van der Waals surface area contributed by atoms with E-state index in [9.17, 15) is 19.4 Å². The number of aliphatic hydroxyl groups excluding tert-OH is 1. The van der Waals surface area contributed by atoms with Crippen LogP contribution >= 0.6 is 7.82 Å². The second-order valence-corrected chi connectivity index (χ2v) is 19.2. The zero-order valence-electron chi connectivity index (χ0n) is 40.6. The molecule has 0 rings (SSSR count). The number of rotatable bonds is 49. The Morgan fingerprint density at radius 3 is 1.37 bits per heavy atom. The Kier molecular flexibility index (Phi) is 47.7. The quantitative estimate of drug-likeness (QED) is 0.0272. The number of phosphoric ester groups is 1. The molecule has 0 spiro atoms. The van der Waals surface area contributed by atoms with Gasteiger partial charge in [0.05, 0.1) is 25.4 Å². The Morgan fingerprint density at radius 2 is 0.935 bits per heavy atom. The lowest BCUT2D eigenvalue weighted by Gasteiger charge is -2.25. The molecule has 0 aliphatic heterocycles. The number of aliphatic hydroxyl groups is 1. The maximum absolute atomic E-state index is 12.9. The van der Waals surface area contributed by atoms with Gasteiger partial charge in [-0.3, -0.25) is 13.8 Å². The van der Waals surface area contributed by atoms with Gasteiger partial charge in [0.2, 0.25) is 5.91 Å². The summed E-state index contributed by atoms with van der Waals surface area (Å²) < 4.78 is 22.3. The van der Waals surface area contributed by atoms with Crippen LogP contribution in [0.15, 0.2) is 48.6 Å². The molecule has 0 aliphatic carbocycles. The smallest absolute Gasteiger partial charge is 0.391 e. The molecule has 9 heteroatoms. The van der Waals surface area contributed by atoms with Crippen molar-refractivity contribution in [1.29, 1.82) is 0 Å². The third-order valence-electron chi connectivity index (χ3n) is 11.7. The van der Waals surface area contributed by atoms with Gasteiger partial charge in [0.1, 0.15) is 0 Å². The molecule has 5 N–H and O–H groups in total. The van der Waals surface area contributed by atoms with Crippen LogP contribution in [-0.4, -0.2) is 47.8 Å². The maximum Gasteiger partial charge on any atom is 0.472 e. The summed E-state index contributed by atoms with van der Waals surface area (Å²) >= 11 is 0. The second-order valence-electron chi connectivity index (χ2n) is 17.7. The van der Waals surface area contributed by atoms with Crippen LogP contribution in [0.1, 0.15) is 251 Å². The highest BCUT2D eigenvalue weighted by molar-refractivity contribution is 7.47. The van der Waals surface area contributed by atoms with Crippen molar-refractivity contribution in [2.45, 2.75) is 264 Å². The van der Waals surface area contributed by atoms with Gasteiger partial charge in [-0.05, 0) is 51.4 Å². The Hall–Kier alpha value is -1.54. The first-order chi connectivity index (χ1) is 30.4. The molecular weight excluding hydrogens is 792 g/mol. The highest BCUT2D eigenvalue weighted by Crippen LogP contribution is 2.43. The lowest BCUT2D eigenvalue weighted by Crippen LogP contribution is -2.46. The fourth-order valence-corrected chi connectivity index (χ4v) is 8.54. The predicted octanol–water partition coefficient (Wildman–Crippen LogP) is 15.6. The molecule has 0 saturated heterocycles. The van der Waals surface area contributed by atoms with Crippen LogP contribution in [0.2, 0.25) is 0 Å². The molecule has 0 saturated carbocycles. The van der Waals surface area contributed by atoms with E-state index in [-0.39, 0.29) is 25.7 Å². The number of nitrogens with two attached hydrogens (primary N) is 1. The van der Waals surface area contributed by atoms with Gasteiger partial charge in [0, 0.05) is 13.0 Å². The lowest BCUT2D eigenvalue weighted by atomic mass is 10.0. The Labute approximate surface area is 383 Å². The van der Waals surface area contributed by atoms with Crippen molar-refractivity contribution >= 4 is 13.7 Å². The SMILES string of the molecule is CC/C=C\C/C=C\C/C=C\C/C=C\CCCCCCCCCCCCC(=O)NC(COP(=O)(O)OCCN)C(O)CCCCCCCCCCCCCCCCCCCCCC. The molecule has 62 heavy (non-hydrogen) atoms. The molecule has 8 nitrogen and oxygen atoms in total. The summed E-state index contributed by atoms with van der Waals surface area (Å²) in [5.74, 6) is -0.165. The normalized spacial score (nSPS) is 14.2. The van der Waals surface area contributed by atoms with Crippen molar-refractivity contribution in [2.24, 2.45) is 5.73 Å². The van der Waals surface area contributed by atoms with Gasteiger partial charge in [-0.2, -0.15) is 0 Å². The van der Waals surface area contributed by atoms with Gasteiger partial charge in [0.15, 0.2) is 0 Å². The Morgan fingerprint density at radius 1 is 0.548 bits per heavy atom. The minimum absolute atomic E-state index is 0.0872. The van der Waals surface area contributed by atoms with Crippen LogP contribution in [-0.2, 0) is 18.4 Å². The van der Waals surface area contributed by atoms with Crippen LogP contribution in [0, 0.1) is 0 Å². The zero-order chi connectivity index (χ0) is 45.3. The number of carbonyl (C=O) groups excluding carboxylic acids is 1. The van der Waals surface area contributed by atoms with Crippen molar-refractivity contribution in [1.82, 2.24) is 5.32 Å². The van der Waals surface area contributed by atoms with E-state index in [2.05, 4.69) is 67.8 Å². The van der Waals surface area contributed by atoms with Crippen LogP contribution in [0.25, 0.3) is 0 Å². The number of hydrogen-bond donors (Lipinski definition) is 4. The minimum Gasteiger partial charge on any atom is -0.391 e. The van der Waals surface area contributed by atoms with Crippen molar-refractivity contribution in [3.05, 3.63) is 48.6 Å². The number of hydrogen-bond acceptors (Lipinski definition) is 6. The molecule has 0 aromatic carbocycles. The van der Waals surface area contributed by atoms with Gasteiger partial charge < -0.3 is 21.1 Å². The highest BCUT2D eigenvalue weighted by Gasteiger charge is 2.27. The second kappa shape index (κ2) is 48.9.